The molecule has 5 aromatic rings. The Bertz CT molecular complexity index is 1620. The van der Waals surface area contributed by atoms with Gasteiger partial charge in [-0.3, -0.25) is 19.7 Å². The molecule has 3 aromatic heterocycles. The summed E-state index contributed by atoms with van der Waals surface area (Å²) < 4.78 is 12.5. The van der Waals surface area contributed by atoms with Gasteiger partial charge in [-0.1, -0.05) is 23.5 Å². The van der Waals surface area contributed by atoms with Crippen molar-refractivity contribution in [1.29, 1.82) is 0 Å². The van der Waals surface area contributed by atoms with Crippen LogP contribution in [0.3, 0.4) is 0 Å². The van der Waals surface area contributed by atoms with E-state index < -0.39 is 5.97 Å². The minimum absolute atomic E-state index is 0.0753. The summed E-state index contributed by atoms with van der Waals surface area (Å²) in [6.45, 7) is 2.26. The maximum Gasteiger partial charge on any atom is 0.311 e. The van der Waals surface area contributed by atoms with Gasteiger partial charge in [-0.25, -0.2) is 4.98 Å². The largest absolute Gasteiger partial charge is 0.497 e. The lowest BCUT2D eigenvalue weighted by molar-refractivity contribution is -0.139. The molecule has 0 bridgehead atoms. The molecule has 2 N–H and O–H groups in total. The number of benzene rings is 2. The molecule has 0 saturated heterocycles. The highest BCUT2D eigenvalue weighted by Gasteiger charge is 2.22. The van der Waals surface area contributed by atoms with Crippen molar-refractivity contribution in [2.75, 3.05) is 20.8 Å². The van der Waals surface area contributed by atoms with Crippen molar-refractivity contribution >= 4 is 44.1 Å². The summed E-state index contributed by atoms with van der Waals surface area (Å²) >= 11 is 1.39. The number of esters is 1. The predicted molar refractivity (Wildman–Crippen MR) is 141 cm³/mol. The standard InChI is InChI=1S/C26H25N5O4S/c1-15(27-11-10-16-14-28-19-9-8-17(34-2)12-18(16)19)24-21(13-23(32)35-3)30-31(25(24)33)26-29-20-6-4-5-7-22(20)36-26/h4-9,12,14,28,30H,10-11,13H2,1-3H3. The van der Waals surface area contributed by atoms with Gasteiger partial charge in [0.1, 0.15) is 5.75 Å². The van der Waals surface area contributed by atoms with Crippen LogP contribution in [0.1, 0.15) is 23.7 Å². The van der Waals surface area contributed by atoms with Crippen molar-refractivity contribution in [3.63, 3.8) is 0 Å². The third kappa shape index (κ3) is 4.42. The number of rotatable bonds is 8. The van der Waals surface area contributed by atoms with E-state index in [-0.39, 0.29) is 12.0 Å². The van der Waals surface area contributed by atoms with Crippen LogP contribution in [-0.2, 0) is 22.4 Å². The van der Waals surface area contributed by atoms with Crippen LogP contribution in [0.4, 0.5) is 0 Å². The van der Waals surface area contributed by atoms with Gasteiger partial charge >= 0.3 is 5.97 Å². The zero-order valence-corrected chi connectivity index (χ0v) is 20.9. The fraction of sp³-hybridized carbons (Fsp3) is 0.231. The molecule has 2 aromatic carbocycles. The van der Waals surface area contributed by atoms with Gasteiger partial charge < -0.3 is 14.5 Å². The molecule has 184 valence electrons. The van der Waals surface area contributed by atoms with E-state index in [0.717, 1.165) is 32.4 Å². The SMILES string of the molecule is COC(=O)Cc1[nH]n(-c2nc3ccccc3s2)c(=O)c1C(C)=NCCc1c[nH]c2ccc(OC)cc12. The van der Waals surface area contributed by atoms with Crippen molar-refractivity contribution in [2.24, 2.45) is 4.99 Å². The zero-order valence-electron chi connectivity index (χ0n) is 20.1. The smallest absolute Gasteiger partial charge is 0.311 e. The summed E-state index contributed by atoms with van der Waals surface area (Å²) in [5, 5.41) is 4.64. The Morgan fingerprint density at radius 2 is 2.03 bits per heavy atom. The lowest BCUT2D eigenvalue weighted by Gasteiger charge is -2.03. The fourth-order valence-electron chi connectivity index (χ4n) is 4.20. The monoisotopic (exact) mass is 503 g/mol. The summed E-state index contributed by atoms with van der Waals surface area (Å²) in [6, 6.07) is 13.6. The average molecular weight is 504 g/mol. The van der Waals surface area contributed by atoms with Crippen LogP contribution in [0.25, 0.3) is 26.3 Å². The molecule has 0 aliphatic carbocycles. The van der Waals surface area contributed by atoms with E-state index in [1.165, 1.54) is 23.1 Å². The van der Waals surface area contributed by atoms with Crippen LogP contribution in [-0.4, -0.2) is 52.2 Å². The number of nitrogens with one attached hydrogen (secondary N) is 2. The van der Waals surface area contributed by atoms with Gasteiger partial charge in [-0.15, -0.1) is 0 Å². The minimum Gasteiger partial charge on any atom is -0.497 e. The quantitative estimate of drug-likeness (QED) is 0.245. The van der Waals surface area contributed by atoms with Gasteiger partial charge in [-0.2, -0.15) is 4.68 Å². The molecule has 10 heteroatoms. The van der Waals surface area contributed by atoms with E-state index in [4.69, 9.17) is 14.5 Å². The lowest BCUT2D eigenvalue weighted by atomic mass is 10.1. The first-order chi connectivity index (χ1) is 17.5. The van der Waals surface area contributed by atoms with E-state index >= 15 is 0 Å². The van der Waals surface area contributed by atoms with E-state index in [2.05, 4.69) is 15.1 Å². The van der Waals surface area contributed by atoms with Crippen molar-refractivity contribution < 1.29 is 14.3 Å². The second kappa shape index (κ2) is 9.82. The number of aliphatic imine (C=N–C) groups is 1. The number of aromatic amines is 2. The molecule has 5 rings (SSSR count). The van der Waals surface area contributed by atoms with Crippen molar-refractivity contribution in [2.45, 2.75) is 19.8 Å². The molecule has 0 aliphatic rings. The van der Waals surface area contributed by atoms with Gasteiger partial charge in [0.05, 0.1) is 42.1 Å². The highest BCUT2D eigenvalue weighted by atomic mass is 32.1. The summed E-state index contributed by atoms with van der Waals surface area (Å²) in [5.74, 6) is 0.340. The summed E-state index contributed by atoms with van der Waals surface area (Å²) in [6.07, 6.45) is 2.56. The maximum absolute atomic E-state index is 13.5. The molecular weight excluding hydrogens is 478 g/mol. The third-order valence-corrected chi connectivity index (χ3v) is 7.08. The van der Waals surface area contributed by atoms with Crippen LogP contribution < -0.4 is 10.3 Å². The molecule has 0 unspecified atom stereocenters. The number of hydrogen-bond acceptors (Lipinski definition) is 7. The van der Waals surface area contributed by atoms with E-state index in [1.54, 1.807) is 14.0 Å². The summed E-state index contributed by atoms with van der Waals surface area (Å²) in [7, 11) is 2.97. The molecule has 36 heavy (non-hydrogen) atoms. The number of carbonyl (C=O) groups excluding carboxylic acids is 1. The first-order valence-electron chi connectivity index (χ1n) is 11.4. The Morgan fingerprint density at radius 3 is 2.81 bits per heavy atom. The van der Waals surface area contributed by atoms with E-state index in [0.29, 0.717) is 35.1 Å². The Kier molecular flexibility index (Phi) is 6.43. The number of para-hydroxylation sites is 1. The van der Waals surface area contributed by atoms with Crippen molar-refractivity contribution in [1.82, 2.24) is 19.7 Å². The fourth-order valence-corrected chi connectivity index (χ4v) is 5.13. The highest BCUT2D eigenvalue weighted by Crippen LogP contribution is 2.25. The second-order valence-corrected chi connectivity index (χ2v) is 9.27. The molecule has 9 nitrogen and oxygen atoms in total. The average Bonchev–Trinajstić information content (AvgIpc) is 3.58. The molecule has 3 heterocycles. The third-order valence-electron chi connectivity index (χ3n) is 6.05. The van der Waals surface area contributed by atoms with Crippen molar-refractivity contribution in [3.05, 3.63) is 75.8 Å². The van der Waals surface area contributed by atoms with Gasteiger partial charge in [0.25, 0.3) is 5.56 Å². The molecular formula is C26H25N5O4S. The maximum atomic E-state index is 13.5. The van der Waals surface area contributed by atoms with Gasteiger partial charge in [0, 0.05) is 29.4 Å². The number of H-pyrrole nitrogens is 2. The number of methoxy groups -OCH3 is 2. The minimum atomic E-state index is -0.450. The normalized spacial score (nSPS) is 11.9. The van der Waals surface area contributed by atoms with Crippen LogP contribution in [0.15, 0.2) is 58.4 Å². The summed E-state index contributed by atoms with van der Waals surface area (Å²) in [4.78, 5) is 38.1. The molecule has 0 amide bonds. The highest BCUT2D eigenvalue weighted by molar-refractivity contribution is 7.20. The molecule has 0 spiro atoms. The van der Waals surface area contributed by atoms with Crippen LogP contribution in [0, 0.1) is 0 Å². The number of aromatic nitrogens is 4. The Hall–Kier alpha value is -4.18. The van der Waals surface area contributed by atoms with E-state index in [1.807, 2.05) is 48.7 Å². The Balaban J connectivity index is 1.46. The number of ether oxygens (including phenoxy) is 2. The predicted octanol–water partition coefficient (Wildman–Crippen LogP) is 4.03. The molecule has 0 fully saturated rings. The van der Waals surface area contributed by atoms with Crippen LogP contribution in [0.2, 0.25) is 0 Å². The molecule has 0 saturated carbocycles. The van der Waals surface area contributed by atoms with Gasteiger partial charge in [-0.05, 0) is 49.2 Å². The number of hydrogen-bond donors (Lipinski definition) is 2. The molecule has 0 atom stereocenters. The lowest BCUT2D eigenvalue weighted by Crippen LogP contribution is -2.20. The second-order valence-electron chi connectivity index (χ2n) is 8.27. The number of thiazole rings is 1. The first-order valence-corrected chi connectivity index (χ1v) is 12.2. The van der Waals surface area contributed by atoms with E-state index in [9.17, 15) is 9.59 Å². The summed E-state index contributed by atoms with van der Waals surface area (Å²) in [5.41, 5.74) is 3.99. The topological polar surface area (TPSA) is 114 Å². The van der Waals surface area contributed by atoms with Gasteiger partial charge in [0.15, 0.2) is 0 Å². The number of fused-ring (bicyclic) bond motifs is 2. The first kappa shape index (κ1) is 23.6. The number of nitrogens with zero attached hydrogens (tertiary/aromatic N) is 3. The Labute approximate surface area is 210 Å². The van der Waals surface area contributed by atoms with Gasteiger partial charge in [0.2, 0.25) is 5.13 Å². The molecule has 0 radical (unpaired) electrons. The van der Waals surface area contributed by atoms with Crippen molar-refractivity contribution in [3.8, 4) is 10.9 Å². The number of carbonyl (C=O) groups is 1. The Morgan fingerprint density at radius 1 is 1.19 bits per heavy atom. The zero-order chi connectivity index (χ0) is 25.2. The van der Waals surface area contributed by atoms with Crippen LogP contribution in [0.5, 0.6) is 5.75 Å². The molecule has 0 aliphatic heterocycles. The van der Waals surface area contributed by atoms with Crippen LogP contribution >= 0.6 is 11.3 Å².